The zero-order chi connectivity index (χ0) is 16.9. The van der Waals surface area contributed by atoms with Crippen LogP contribution < -0.4 is 10.6 Å². The number of benzene rings is 1. The van der Waals surface area contributed by atoms with Crippen molar-refractivity contribution in [3.8, 4) is 0 Å². The van der Waals surface area contributed by atoms with Crippen LogP contribution in [0.2, 0.25) is 0 Å². The average Bonchev–Trinajstić information content (AvgIpc) is 3.34. The number of hydrogen-bond donors (Lipinski definition) is 3. The summed E-state index contributed by atoms with van der Waals surface area (Å²) < 4.78 is 0. The molecule has 3 N–H and O–H groups in total. The van der Waals surface area contributed by atoms with Gasteiger partial charge in [-0.25, -0.2) is 0 Å². The van der Waals surface area contributed by atoms with Gasteiger partial charge in [0.15, 0.2) is 0 Å². The van der Waals surface area contributed by atoms with Crippen LogP contribution in [0.4, 0.5) is 0 Å². The van der Waals surface area contributed by atoms with Crippen molar-refractivity contribution < 1.29 is 14.7 Å². The van der Waals surface area contributed by atoms with Gasteiger partial charge in [-0.05, 0) is 24.3 Å². The van der Waals surface area contributed by atoms with Crippen LogP contribution in [0.15, 0.2) is 30.3 Å². The van der Waals surface area contributed by atoms with Gasteiger partial charge in [-0.1, -0.05) is 50.6 Å². The molecule has 0 bridgehead atoms. The molecule has 0 spiro atoms. The molecule has 2 atom stereocenters. The first-order chi connectivity index (χ1) is 11.0. The largest absolute Gasteiger partial charge is 0.480 e. The van der Waals surface area contributed by atoms with Gasteiger partial charge in [0.2, 0.25) is 5.91 Å². The number of carboxylic acid groups (broad SMARTS) is 1. The van der Waals surface area contributed by atoms with E-state index < -0.39 is 12.0 Å². The summed E-state index contributed by atoms with van der Waals surface area (Å²) in [5, 5.41) is 15.0. The van der Waals surface area contributed by atoms with E-state index in [9.17, 15) is 14.7 Å². The average molecular weight is 318 g/mol. The molecule has 1 aromatic carbocycles. The van der Waals surface area contributed by atoms with Crippen LogP contribution in [-0.2, 0) is 15.0 Å². The van der Waals surface area contributed by atoms with Gasteiger partial charge < -0.3 is 10.4 Å². The summed E-state index contributed by atoms with van der Waals surface area (Å²) >= 11 is 0. The maximum atomic E-state index is 12.0. The molecule has 23 heavy (non-hydrogen) atoms. The minimum Gasteiger partial charge on any atom is -0.480 e. The minimum atomic E-state index is -0.907. The van der Waals surface area contributed by atoms with Gasteiger partial charge in [-0.3, -0.25) is 14.9 Å². The quantitative estimate of drug-likeness (QED) is 0.650. The fourth-order valence-corrected chi connectivity index (χ4v) is 2.81. The molecule has 0 heterocycles. The molecular weight excluding hydrogens is 292 g/mol. The standard InChI is InChI=1S/C18H26N2O3/c1-3-13(2)16(17(22)23)19-11-15(21)20-12-18(9-10-18)14-7-5-4-6-8-14/h4-8,13,16,19H,3,9-12H2,1-2H3,(H,20,21)(H,22,23)/t13-,16-/m0/s1. The van der Waals surface area contributed by atoms with Gasteiger partial charge in [-0.15, -0.1) is 0 Å². The topological polar surface area (TPSA) is 78.4 Å². The number of hydrogen-bond acceptors (Lipinski definition) is 3. The third kappa shape index (κ3) is 4.55. The van der Waals surface area contributed by atoms with Gasteiger partial charge in [0.25, 0.3) is 0 Å². The second kappa shape index (κ2) is 7.59. The Bertz CT molecular complexity index is 540. The molecule has 0 aliphatic heterocycles. The van der Waals surface area contributed by atoms with Gasteiger partial charge in [0, 0.05) is 12.0 Å². The Hall–Kier alpha value is -1.88. The highest BCUT2D eigenvalue weighted by molar-refractivity contribution is 5.80. The summed E-state index contributed by atoms with van der Waals surface area (Å²) in [6, 6.07) is 9.53. The first kappa shape index (κ1) is 17.5. The van der Waals surface area contributed by atoms with E-state index in [0.29, 0.717) is 6.54 Å². The number of aliphatic carboxylic acids is 1. The van der Waals surface area contributed by atoms with Crippen LogP contribution >= 0.6 is 0 Å². The first-order valence-electron chi connectivity index (χ1n) is 8.27. The lowest BCUT2D eigenvalue weighted by molar-refractivity contribution is -0.140. The van der Waals surface area contributed by atoms with Crippen LogP contribution in [0.25, 0.3) is 0 Å². The molecule has 2 rings (SSSR count). The summed E-state index contributed by atoms with van der Waals surface area (Å²) in [6.45, 7) is 4.46. The van der Waals surface area contributed by atoms with E-state index in [2.05, 4.69) is 22.8 Å². The molecule has 1 aliphatic rings. The summed E-state index contributed by atoms with van der Waals surface area (Å²) in [7, 11) is 0. The van der Waals surface area contributed by atoms with E-state index in [1.807, 2.05) is 32.0 Å². The monoisotopic (exact) mass is 318 g/mol. The molecular formula is C18H26N2O3. The van der Waals surface area contributed by atoms with E-state index in [-0.39, 0.29) is 23.8 Å². The highest BCUT2D eigenvalue weighted by Gasteiger charge is 2.44. The molecule has 0 saturated heterocycles. The summed E-state index contributed by atoms with van der Waals surface area (Å²) in [5.41, 5.74) is 1.33. The van der Waals surface area contributed by atoms with Crippen molar-refractivity contribution in [1.82, 2.24) is 10.6 Å². The molecule has 1 amide bonds. The van der Waals surface area contributed by atoms with Crippen LogP contribution in [0.5, 0.6) is 0 Å². The van der Waals surface area contributed by atoms with Crippen LogP contribution in [0, 0.1) is 5.92 Å². The van der Waals surface area contributed by atoms with Crippen molar-refractivity contribution in [2.75, 3.05) is 13.1 Å². The van der Waals surface area contributed by atoms with Crippen LogP contribution in [0.1, 0.15) is 38.7 Å². The van der Waals surface area contributed by atoms with E-state index >= 15 is 0 Å². The van der Waals surface area contributed by atoms with E-state index in [1.54, 1.807) is 0 Å². The number of carboxylic acids is 1. The van der Waals surface area contributed by atoms with Crippen molar-refractivity contribution in [1.29, 1.82) is 0 Å². The molecule has 1 aliphatic carbocycles. The number of rotatable bonds is 9. The Morgan fingerprint density at radius 2 is 1.91 bits per heavy atom. The van der Waals surface area contributed by atoms with Crippen molar-refractivity contribution in [2.24, 2.45) is 5.92 Å². The molecule has 5 heteroatoms. The lowest BCUT2D eigenvalue weighted by Crippen LogP contribution is -2.47. The van der Waals surface area contributed by atoms with Crippen LogP contribution in [0.3, 0.4) is 0 Å². The molecule has 1 saturated carbocycles. The Balaban J connectivity index is 1.80. The minimum absolute atomic E-state index is 0.0145. The number of nitrogens with one attached hydrogen (secondary N) is 2. The molecule has 0 radical (unpaired) electrons. The molecule has 0 unspecified atom stereocenters. The number of carbonyl (C=O) groups excluding carboxylic acids is 1. The second-order valence-electron chi connectivity index (χ2n) is 6.51. The predicted octanol–water partition coefficient (Wildman–Crippen LogP) is 1.92. The zero-order valence-corrected chi connectivity index (χ0v) is 13.8. The zero-order valence-electron chi connectivity index (χ0n) is 13.8. The number of carbonyl (C=O) groups is 2. The first-order valence-corrected chi connectivity index (χ1v) is 8.27. The lowest BCUT2D eigenvalue weighted by atomic mass is 9.96. The van der Waals surface area contributed by atoms with Crippen LogP contribution in [-0.4, -0.2) is 36.1 Å². The normalized spacial score (nSPS) is 18.0. The Morgan fingerprint density at radius 3 is 2.43 bits per heavy atom. The van der Waals surface area contributed by atoms with Gasteiger partial charge in [0.05, 0.1) is 6.54 Å². The fourth-order valence-electron chi connectivity index (χ4n) is 2.81. The van der Waals surface area contributed by atoms with Gasteiger partial charge in [0.1, 0.15) is 6.04 Å². The van der Waals surface area contributed by atoms with Gasteiger partial charge in [-0.2, -0.15) is 0 Å². The lowest BCUT2D eigenvalue weighted by Gasteiger charge is -2.21. The fraction of sp³-hybridized carbons (Fsp3) is 0.556. The molecule has 1 fully saturated rings. The Labute approximate surface area is 137 Å². The third-order valence-corrected chi connectivity index (χ3v) is 4.83. The van der Waals surface area contributed by atoms with Crippen molar-refractivity contribution in [3.63, 3.8) is 0 Å². The number of amides is 1. The maximum absolute atomic E-state index is 12.0. The second-order valence-corrected chi connectivity index (χ2v) is 6.51. The highest BCUT2D eigenvalue weighted by atomic mass is 16.4. The van der Waals surface area contributed by atoms with Crippen molar-refractivity contribution in [3.05, 3.63) is 35.9 Å². The maximum Gasteiger partial charge on any atom is 0.320 e. The molecule has 126 valence electrons. The summed E-state index contributed by atoms with van der Waals surface area (Å²) in [5.74, 6) is -1.07. The Morgan fingerprint density at radius 1 is 1.26 bits per heavy atom. The summed E-state index contributed by atoms with van der Waals surface area (Å²) in [4.78, 5) is 23.3. The smallest absolute Gasteiger partial charge is 0.320 e. The van der Waals surface area contributed by atoms with E-state index in [4.69, 9.17) is 0 Å². The van der Waals surface area contributed by atoms with Gasteiger partial charge >= 0.3 is 5.97 Å². The highest BCUT2D eigenvalue weighted by Crippen LogP contribution is 2.47. The molecule has 1 aromatic rings. The third-order valence-electron chi connectivity index (χ3n) is 4.83. The van der Waals surface area contributed by atoms with E-state index in [1.165, 1.54) is 5.56 Å². The molecule has 5 nitrogen and oxygen atoms in total. The van der Waals surface area contributed by atoms with E-state index in [0.717, 1.165) is 19.3 Å². The predicted molar refractivity (Wildman–Crippen MR) is 89.2 cm³/mol. The SMILES string of the molecule is CC[C@H](C)[C@H](NCC(=O)NCC1(c2ccccc2)CC1)C(=O)O. The molecule has 0 aromatic heterocycles. The Kier molecular flexibility index (Phi) is 5.77. The summed E-state index contributed by atoms with van der Waals surface area (Å²) in [6.07, 6.45) is 2.91. The van der Waals surface area contributed by atoms with Crippen molar-refractivity contribution in [2.45, 2.75) is 44.6 Å². The van der Waals surface area contributed by atoms with Crippen molar-refractivity contribution >= 4 is 11.9 Å².